The lowest BCUT2D eigenvalue weighted by molar-refractivity contribution is 0.0601. The number of ether oxygens (including phenoxy) is 1. The van der Waals surface area contributed by atoms with Gasteiger partial charge in [-0.1, -0.05) is 42.5 Å². The minimum absolute atomic E-state index is 0.235. The molecule has 0 aliphatic rings. The molecule has 0 radical (unpaired) electrons. The lowest BCUT2D eigenvalue weighted by Gasteiger charge is -2.10. The van der Waals surface area contributed by atoms with E-state index in [0.29, 0.717) is 22.6 Å². The van der Waals surface area contributed by atoms with E-state index in [-0.39, 0.29) is 5.56 Å². The molecule has 5 nitrogen and oxygen atoms in total. The number of hydrogen-bond acceptors (Lipinski definition) is 4. The van der Waals surface area contributed by atoms with Crippen molar-refractivity contribution in [1.29, 1.82) is 0 Å². The van der Waals surface area contributed by atoms with Crippen LogP contribution < -0.4 is 5.56 Å². The molecule has 120 valence electrons. The number of rotatable bonds is 3. The topological polar surface area (TPSA) is 72.1 Å². The fourth-order valence-corrected chi connectivity index (χ4v) is 2.44. The summed E-state index contributed by atoms with van der Waals surface area (Å²) in [7, 11) is 1.34. The molecule has 3 rings (SSSR count). The summed E-state index contributed by atoms with van der Waals surface area (Å²) in [5.74, 6) is -0.402. The Morgan fingerprint density at radius 2 is 1.67 bits per heavy atom. The Hall–Kier alpha value is -3.21. The van der Waals surface area contributed by atoms with E-state index in [9.17, 15) is 9.59 Å². The number of nitrogens with zero attached hydrogens (tertiary/aromatic N) is 1. The first kappa shape index (κ1) is 15.7. The molecule has 24 heavy (non-hydrogen) atoms. The lowest BCUT2D eigenvalue weighted by Crippen LogP contribution is -2.14. The molecule has 0 saturated heterocycles. The van der Waals surface area contributed by atoms with Gasteiger partial charge in [0.05, 0.1) is 24.1 Å². The van der Waals surface area contributed by atoms with Crippen LogP contribution in [-0.2, 0) is 4.74 Å². The summed E-state index contributed by atoms with van der Waals surface area (Å²) >= 11 is 0. The van der Waals surface area contributed by atoms with Gasteiger partial charge < -0.3 is 9.72 Å². The number of methoxy groups -OCH3 is 1. The van der Waals surface area contributed by atoms with Gasteiger partial charge in [-0.15, -0.1) is 0 Å². The largest absolute Gasteiger partial charge is 0.465 e. The predicted molar refractivity (Wildman–Crippen MR) is 91.8 cm³/mol. The summed E-state index contributed by atoms with van der Waals surface area (Å²) in [5, 5.41) is 0. The zero-order valence-electron chi connectivity index (χ0n) is 13.4. The highest BCUT2D eigenvalue weighted by atomic mass is 16.5. The van der Waals surface area contributed by atoms with E-state index in [2.05, 4.69) is 9.97 Å². The fourth-order valence-electron chi connectivity index (χ4n) is 2.44. The minimum Gasteiger partial charge on any atom is -0.465 e. The van der Waals surface area contributed by atoms with Crippen molar-refractivity contribution in [1.82, 2.24) is 9.97 Å². The normalized spacial score (nSPS) is 10.4. The maximum atomic E-state index is 12.0. The summed E-state index contributed by atoms with van der Waals surface area (Å²) < 4.78 is 4.70. The Kier molecular flexibility index (Phi) is 4.24. The molecule has 2 aromatic carbocycles. The van der Waals surface area contributed by atoms with Crippen molar-refractivity contribution in [3.05, 3.63) is 76.2 Å². The molecule has 0 amide bonds. The van der Waals surface area contributed by atoms with E-state index < -0.39 is 5.97 Å². The third-order valence-electron chi connectivity index (χ3n) is 3.73. The minimum atomic E-state index is -0.402. The third-order valence-corrected chi connectivity index (χ3v) is 3.73. The monoisotopic (exact) mass is 320 g/mol. The van der Waals surface area contributed by atoms with Crippen LogP contribution in [-0.4, -0.2) is 23.0 Å². The number of aryl methyl sites for hydroxylation is 1. The van der Waals surface area contributed by atoms with Crippen molar-refractivity contribution >= 4 is 5.97 Å². The molecule has 0 aliphatic heterocycles. The average Bonchev–Trinajstić information content (AvgIpc) is 2.64. The van der Waals surface area contributed by atoms with Gasteiger partial charge in [-0.25, -0.2) is 9.78 Å². The Balaban J connectivity index is 2.15. The van der Waals surface area contributed by atoms with E-state index in [1.54, 1.807) is 31.2 Å². The standard InChI is InChI=1S/C19H16N2O3/c1-12-18(22)21-17(16(20-12)13-6-4-3-5-7-13)14-8-10-15(11-9-14)19(23)24-2/h3-11H,1-2H3,(H,21,22). The number of carbonyl (C=O) groups is 1. The van der Waals surface area contributed by atoms with Gasteiger partial charge in [0.1, 0.15) is 5.69 Å². The molecule has 0 bridgehead atoms. The van der Waals surface area contributed by atoms with Gasteiger partial charge in [-0.3, -0.25) is 4.79 Å². The molecule has 0 spiro atoms. The van der Waals surface area contributed by atoms with Crippen molar-refractivity contribution in [2.24, 2.45) is 0 Å². The van der Waals surface area contributed by atoms with Crippen LogP contribution in [0.1, 0.15) is 16.1 Å². The molecule has 0 unspecified atom stereocenters. The van der Waals surface area contributed by atoms with Gasteiger partial charge in [0.25, 0.3) is 5.56 Å². The lowest BCUT2D eigenvalue weighted by atomic mass is 10.0. The Morgan fingerprint density at radius 3 is 2.29 bits per heavy atom. The second kappa shape index (κ2) is 6.50. The molecule has 0 fully saturated rings. The van der Waals surface area contributed by atoms with E-state index in [1.165, 1.54) is 7.11 Å². The maximum absolute atomic E-state index is 12.0. The first-order valence-electron chi connectivity index (χ1n) is 7.45. The highest BCUT2D eigenvalue weighted by Gasteiger charge is 2.13. The highest BCUT2D eigenvalue weighted by molar-refractivity contribution is 5.90. The first-order chi connectivity index (χ1) is 11.6. The molecular formula is C19H16N2O3. The predicted octanol–water partition coefficient (Wildman–Crippen LogP) is 3.20. The molecule has 1 heterocycles. The third kappa shape index (κ3) is 2.96. The number of H-pyrrole nitrogens is 1. The van der Waals surface area contributed by atoms with Crippen molar-refractivity contribution in [3.63, 3.8) is 0 Å². The quantitative estimate of drug-likeness (QED) is 0.752. The molecule has 3 aromatic rings. The van der Waals surface area contributed by atoms with E-state index in [1.807, 2.05) is 30.3 Å². The van der Waals surface area contributed by atoms with Gasteiger partial charge in [0.2, 0.25) is 0 Å². The van der Waals surface area contributed by atoms with Crippen LogP contribution in [0.5, 0.6) is 0 Å². The van der Waals surface area contributed by atoms with Gasteiger partial charge in [-0.2, -0.15) is 0 Å². The number of carbonyl (C=O) groups excluding carboxylic acids is 1. The SMILES string of the molecule is COC(=O)c1ccc(-c2[nH]c(=O)c(C)nc2-c2ccccc2)cc1. The zero-order valence-corrected chi connectivity index (χ0v) is 13.4. The molecular weight excluding hydrogens is 304 g/mol. The number of benzene rings is 2. The van der Waals surface area contributed by atoms with Crippen LogP contribution in [0.25, 0.3) is 22.5 Å². The molecule has 1 N–H and O–H groups in total. The highest BCUT2D eigenvalue weighted by Crippen LogP contribution is 2.28. The molecule has 5 heteroatoms. The molecule has 0 atom stereocenters. The Morgan fingerprint density at radius 1 is 1.00 bits per heavy atom. The summed E-state index contributed by atoms with van der Waals surface area (Å²) in [6.07, 6.45) is 0. The van der Waals surface area contributed by atoms with E-state index in [4.69, 9.17) is 4.74 Å². The van der Waals surface area contributed by atoms with Crippen LogP contribution in [0, 0.1) is 6.92 Å². The molecule has 0 saturated carbocycles. The van der Waals surface area contributed by atoms with Gasteiger partial charge >= 0.3 is 5.97 Å². The van der Waals surface area contributed by atoms with Crippen LogP contribution >= 0.6 is 0 Å². The second-order valence-electron chi connectivity index (χ2n) is 5.31. The molecule has 0 aliphatic carbocycles. The van der Waals surface area contributed by atoms with Crippen molar-refractivity contribution in [3.8, 4) is 22.5 Å². The fraction of sp³-hybridized carbons (Fsp3) is 0.105. The van der Waals surface area contributed by atoms with E-state index in [0.717, 1.165) is 11.1 Å². The molecule has 1 aromatic heterocycles. The van der Waals surface area contributed by atoms with Crippen molar-refractivity contribution in [2.45, 2.75) is 6.92 Å². The Labute approximate surface area is 139 Å². The number of aromatic nitrogens is 2. The number of hydrogen-bond donors (Lipinski definition) is 1. The van der Waals surface area contributed by atoms with Gasteiger partial charge in [0, 0.05) is 11.1 Å². The van der Waals surface area contributed by atoms with E-state index >= 15 is 0 Å². The Bertz CT molecular complexity index is 929. The van der Waals surface area contributed by atoms with Gasteiger partial charge in [-0.05, 0) is 19.1 Å². The summed E-state index contributed by atoms with van der Waals surface area (Å²) in [5.41, 5.74) is 3.61. The number of nitrogens with one attached hydrogen (secondary N) is 1. The van der Waals surface area contributed by atoms with Crippen molar-refractivity contribution < 1.29 is 9.53 Å². The second-order valence-corrected chi connectivity index (χ2v) is 5.31. The van der Waals surface area contributed by atoms with Crippen LogP contribution in [0.3, 0.4) is 0 Å². The maximum Gasteiger partial charge on any atom is 0.337 e. The van der Waals surface area contributed by atoms with Crippen LogP contribution in [0.4, 0.5) is 0 Å². The summed E-state index contributed by atoms with van der Waals surface area (Å²) in [6, 6.07) is 16.5. The summed E-state index contributed by atoms with van der Waals surface area (Å²) in [6.45, 7) is 1.68. The van der Waals surface area contributed by atoms with Crippen molar-refractivity contribution in [2.75, 3.05) is 7.11 Å². The smallest absolute Gasteiger partial charge is 0.337 e. The number of aromatic amines is 1. The average molecular weight is 320 g/mol. The zero-order chi connectivity index (χ0) is 17.1. The number of esters is 1. The first-order valence-corrected chi connectivity index (χ1v) is 7.45. The summed E-state index contributed by atoms with van der Waals surface area (Å²) in [4.78, 5) is 30.9. The van der Waals surface area contributed by atoms with Crippen LogP contribution in [0.15, 0.2) is 59.4 Å². The van der Waals surface area contributed by atoms with Gasteiger partial charge in [0.15, 0.2) is 0 Å². The van der Waals surface area contributed by atoms with Crippen LogP contribution in [0.2, 0.25) is 0 Å².